The fraction of sp³-hybridized carbons (Fsp3) is 1.00. The van der Waals surface area contributed by atoms with Crippen molar-refractivity contribution in [3.05, 3.63) is 0 Å². The fourth-order valence-electron chi connectivity index (χ4n) is 1.51. The Morgan fingerprint density at radius 3 is 1.77 bits per heavy atom. The Morgan fingerprint density at radius 2 is 1.31 bits per heavy atom. The van der Waals surface area contributed by atoms with Crippen LogP contribution in [-0.4, -0.2) is 13.1 Å². The molecular formula is C11H26OSi. The van der Waals surface area contributed by atoms with Crippen molar-refractivity contribution < 1.29 is 4.80 Å². The van der Waals surface area contributed by atoms with Crippen molar-refractivity contribution in [1.82, 2.24) is 0 Å². The summed E-state index contributed by atoms with van der Waals surface area (Å²) in [4.78, 5) is 9.60. The molecule has 0 radical (unpaired) electrons. The standard InChI is InChI=1S/C11H26OSi/c1-4-5-6-7-8-9-10-11-13(2,3)12/h12H,4-11H2,1-3H3. The summed E-state index contributed by atoms with van der Waals surface area (Å²) in [5, 5.41) is 0. The zero-order chi connectivity index (χ0) is 10.2. The first kappa shape index (κ1) is 13.2. The molecular weight excluding hydrogens is 176 g/mol. The summed E-state index contributed by atoms with van der Waals surface area (Å²) in [5.41, 5.74) is 0. The van der Waals surface area contributed by atoms with Gasteiger partial charge in [-0.25, -0.2) is 0 Å². The van der Waals surface area contributed by atoms with Gasteiger partial charge in [-0.1, -0.05) is 51.9 Å². The van der Waals surface area contributed by atoms with Gasteiger partial charge in [-0.05, 0) is 19.1 Å². The zero-order valence-corrected chi connectivity index (χ0v) is 10.6. The van der Waals surface area contributed by atoms with Crippen LogP contribution in [0.15, 0.2) is 0 Å². The van der Waals surface area contributed by atoms with E-state index in [0.29, 0.717) is 0 Å². The van der Waals surface area contributed by atoms with Crippen LogP contribution in [0.1, 0.15) is 51.9 Å². The van der Waals surface area contributed by atoms with Crippen LogP contribution in [0.3, 0.4) is 0 Å². The molecule has 0 fully saturated rings. The first-order valence-corrected chi connectivity index (χ1v) is 8.94. The van der Waals surface area contributed by atoms with Crippen LogP contribution < -0.4 is 0 Å². The smallest absolute Gasteiger partial charge is 0.182 e. The zero-order valence-electron chi connectivity index (χ0n) is 9.60. The van der Waals surface area contributed by atoms with Crippen LogP contribution >= 0.6 is 0 Å². The number of hydrogen-bond acceptors (Lipinski definition) is 1. The van der Waals surface area contributed by atoms with Crippen LogP contribution in [0.5, 0.6) is 0 Å². The van der Waals surface area contributed by atoms with Crippen molar-refractivity contribution in [2.45, 2.75) is 71.0 Å². The Labute approximate surface area is 84.7 Å². The quantitative estimate of drug-likeness (QED) is 0.467. The Balaban J connectivity index is 3.00. The summed E-state index contributed by atoms with van der Waals surface area (Å²) in [6, 6.07) is 1.08. The van der Waals surface area contributed by atoms with Crippen molar-refractivity contribution in [2.75, 3.05) is 0 Å². The Kier molecular flexibility index (Phi) is 7.67. The summed E-state index contributed by atoms with van der Waals surface area (Å²) in [6.45, 7) is 6.31. The van der Waals surface area contributed by atoms with Crippen LogP contribution in [0, 0.1) is 0 Å². The average Bonchev–Trinajstić information content (AvgIpc) is 2.01. The molecule has 1 nitrogen and oxygen atoms in total. The highest BCUT2D eigenvalue weighted by molar-refractivity contribution is 6.69. The van der Waals surface area contributed by atoms with Gasteiger partial charge in [0.05, 0.1) is 0 Å². The summed E-state index contributed by atoms with van der Waals surface area (Å²) >= 11 is 0. The second-order valence-corrected chi connectivity index (χ2v) is 8.81. The van der Waals surface area contributed by atoms with Crippen LogP contribution in [0.2, 0.25) is 19.1 Å². The summed E-state index contributed by atoms with van der Waals surface area (Å²) in [5.74, 6) is 0. The minimum Gasteiger partial charge on any atom is -0.432 e. The normalized spacial score (nSPS) is 12.0. The molecule has 0 heterocycles. The third-order valence-electron chi connectivity index (χ3n) is 2.39. The molecule has 13 heavy (non-hydrogen) atoms. The van der Waals surface area contributed by atoms with E-state index in [2.05, 4.69) is 6.92 Å². The molecule has 0 unspecified atom stereocenters. The summed E-state index contributed by atoms with van der Waals surface area (Å²) in [7, 11) is -1.73. The highest BCUT2D eigenvalue weighted by atomic mass is 28.4. The maximum atomic E-state index is 9.60. The van der Waals surface area contributed by atoms with Crippen molar-refractivity contribution in [2.24, 2.45) is 0 Å². The van der Waals surface area contributed by atoms with Crippen molar-refractivity contribution in [3.8, 4) is 0 Å². The van der Waals surface area contributed by atoms with Crippen LogP contribution in [0.4, 0.5) is 0 Å². The van der Waals surface area contributed by atoms with Gasteiger partial charge in [0, 0.05) is 0 Å². The lowest BCUT2D eigenvalue weighted by atomic mass is 10.1. The minimum atomic E-state index is -1.73. The topological polar surface area (TPSA) is 20.2 Å². The molecule has 0 aliphatic rings. The minimum absolute atomic E-state index is 1.08. The third kappa shape index (κ3) is 12.2. The van der Waals surface area contributed by atoms with E-state index in [1.54, 1.807) is 0 Å². The molecule has 2 heteroatoms. The molecule has 0 aromatic carbocycles. The molecule has 1 N–H and O–H groups in total. The predicted octanol–water partition coefficient (Wildman–Crippen LogP) is 3.93. The van der Waals surface area contributed by atoms with Gasteiger partial charge in [0.2, 0.25) is 0 Å². The van der Waals surface area contributed by atoms with E-state index in [-0.39, 0.29) is 0 Å². The Morgan fingerprint density at radius 1 is 0.846 bits per heavy atom. The van der Waals surface area contributed by atoms with E-state index in [1.165, 1.54) is 44.9 Å². The molecule has 0 amide bonds. The summed E-state index contributed by atoms with van der Waals surface area (Å²) < 4.78 is 0. The lowest BCUT2D eigenvalue weighted by molar-refractivity contribution is 0.534. The average molecular weight is 202 g/mol. The maximum absolute atomic E-state index is 9.60. The second kappa shape index (κ2) is 7.57. The van der Waals surface area contributed by atoms with E-state index in [0.717, 1.165) is 6.04 Å². The highest BCUT2D eigenvalue weighted by Crippen LogP contribution is 2.13. The molecule has 0 aliphatic carbocycles. The van der Waals surface area contributed by atoms with Gasteiger partial charge in [-0.15, -0.1) is 0 Å². The van der Waals surface area contributed by atoms with Crippen LogP contribution in [-0.2, 0) is 0 Å². The fourth-order valence-corrected chi connectivity index (χ4v) is 2.63. The van der Waals surface area contributed by atoms with E-state index < -0.39 is 8.32 Å². The molecule has 0 saturated heterocycles. The largest absolute Gasteiger partial charge is 0.432 e. The van der Waals surface area contributed by atoms with Crippen LogP contribution in [0.25, 0.3) is 0 Å². The molecule has 0 saturated carbocycles. The maximum Gasteiger partial charge on any atom is 0.182 e. The molecule has 0 rings (SSSR count). The molecule has 80 valence electrons. The first-order chi connectivity index (χ1) is 6.06. The molecule has 0 aromatic rings. The number of rotatable bonds is 8. The number of hydrogen-bond donors (Lipinski definition) is 1. The molecule has 0 aliphatic heterocycles. The molecule has 0 bridgehead atoms. The van der Waals surface area contributed by atoms with E-state index in [9.17, 15) is 4.80 Å². The molecule has 0 atom stereocenters. The molecule has 0 spiro atoms. The van der Waals surface area contributed by atoms with E-state index in [1.807, 2.05) is 13.1 Å². The van der Waals surface area contributed by atoms with Crippen molar-refractivity contribution >= 4 is 8.32 Å². The van der Waals surface area contributed by atoms with Gasteiger partial charge in [0.1, 0.15) is 0 Å². The monoisotopic (exact) mass is 202 g/mol. The first-order valence-electron chi connectivity index (χ1n) is 5.78. The highest BCUT2D eigenvalue weighted by Gasteiger charge is 2.14. The SMILES string of the molecule is CCCCCCCCC[Si](C)(C)O. The van der Waals surface area contributed by atoms with E-state index in [4.69, 9.17) is 0 Å². The van der Waals surface area contributed by atoms with Gasteiger partial charge >= 0.3 is 0 Å². The lowest BCUT2D eigenvalue weighted by Crippen LogP contribution is -2.23. The number of unbranched alkanes of at least 4 members (excludes halogenated alkanes) is 6. The van der Waals surface area contributed by atoms with Gasteiger partial charge in [-0.3, -0.25) is 0 Å². The Hall–Kier alpha value is 0.177. The lowest BCUT2D eigenvalue weighted by Gasteiger charge is -2.12. The van der Waals surface area contributed by atoms with Gasteiger partial charge in [0.25, 0.3) is 0 Å². The van der Waals surface area contributed by atoms with Gasteiger partial charge in [-0.2, -0.15) is 0 Å². The molecule has 0 aromatic heterocycles. The van der Waals surface area contributed by atoms with Gasteiger partial charge in [0.15, 0.2) is 8.32 Å². The van der Waals surface area contributed by atoms with Crippen molar-refractivity contribution in [3.63, 3.8) is 0 Å². The second-order valence-electron chi connectivity index (χ2n) is 4.68. The summed E-state index contributed by atoms with van der Waals surface area (Å²) in [6.07, 6.45) is 9.43. The Bertz CT molecular complexity index is 107. The van der Waals surface area contributed by atoms with Crippen molar-refractivity contribution in [1.29, 1.82) is 0 Å². The van der Waals surface area contributed by atoms with E-state index >= 15 is 0 Å². The predicted molar refractivity (Wildman–Crippen MR) is 62.5 cm³/mol. The third-order valence-corrected chi connectivity index (χ3v) is 3.97. The van der Waals surface area contributed by atoms with Gasteiger partial charge < -0.3 is 4.80 Å².